The standard InChI is InChI=1S/C14H6N4O12/c19-13(9-3-1-7(15(21)22)5-11(9)17(25)26)29-30-14(20)10-4-2-8(16(23)24)6-12(10)18(27)28/h1-6H. The summed E-state index contributed by atoms with van der Waals surface area (Å²) in [6.45, 7) is 0. The highest BCUT2D eigenvalue weighted by Gasteiger charge is 2.29. The quantitative estimate of drug-likeness (QED) is 0.371. The third-order valence-corrected chi connectivity index (χ3v) is 3.41. The fraction of sp³-hybridized carbons (Fsp3) is 0. The fourth-order valence-electron chi connectivity index (χ4n) is 2.08. The highest BCUT2D eigenvalue weighted by molar-refractivity contribution is 5.97. The van der Waals surface area contributed by atoms with Crippen molar-refractivity contribution in [1.82, 2.24) is 0 Å². The molecule has 2 aromatic carbocycles. The second kappa shape index (κ2) is 8.33. The Morgan fingerprint density at radius 2 is 0.933 bits per heavy atom. The summed E-state index contributed by atoms with van der Waals surface area (Å²) in [5, 5.41) is 43.4. The molecule has 0 radical (unpaired) electrons. The summed E-state index contributed by atoms with van der Waals surface area (Å²) in [5.41, 5.74) is -5.06. The van der Waals surface area contributed by atoms with Gasteiger partial charge in [0.1, 0.15) is 11.1 Å². The second-order valence-electron chi connectivity index (χ2n) is 5.17. The Bertz CT molecular complexity index is 1020. The van der Waals surface area contributed by atoms with Crippen LogP contribution in [0.5, 0.6) is 0 Å². The van der Waals surface area contributed by atoms with E-state index in [2.05, 4.69) is 9.78 Å². The van der Waals surface area contributed by atoms with Gasteiger partial charge in [0.15, 0.2) is 0 Å². The van der Waals surface area contributed by atoms with Crippen LogP contribution in [0, 0.1) is 40.5 Å². The number of nitro groups is 4. The van der Waals surface area contributed by atoms with Crippen molar-refractivity contribution in [1.29, 1.82) is 0 Å². The van der Waals surface area contributed by atoms with E-state index in [1.165, 1.54) is 0 Å². The molecule has 0 unspecified atom stereocenters. The maximum absolute atomic E-state index is 12.0. The minimum atomic E-state index is -1.60. The number of carbonyl (C=O) groups excluding carboxylic acids is 2. The molecule has 0 bridgehead atoms. The third kappa shape index (κ3) is 4.44. The van der Waals surface area contributed by atoms with Gasteiger partial charge < -0.3 is 0 Å². The molecule has 2 aromatic rings. The third-order valence-electron chi connectivity index (χ3n) is 3.41. The van der Waals surface area contributed by atoms with Gasteiger partial charge in [-0.15, -0.1) is 0 Å². The van der Waals surface area contributed by atoms with Crippen LogP contribution in [0.3, 0.4) is 0 Å². The SMILES string of the molecule is O=C(OOC(=O)c1ccc([N+](=O)[O-])cc1[N+](=O)[O-])c1ccc([N+](=O)[O-])cc1[N+](=O)[O-]. The summed E-state index contributed by atoms with van der Waals surface area (Å²) < 4.78 is 0. The lowest BCUT2D eigenvalue weighted by atomic mass is 10.1. The zero-order chi connectivity index (χ0) is 22.6. The molecule has 0 saturated carbocycles. The summed E-state index contributed by atoms with van der Waals surface area (Å²) in [6.07, 6.45) is 0. The zero-order valence-corrected chi connectivity index (χ0v) is 14.2. The number of nitrogens with zero attached hydrogens (tertiary/aromatic N) is 4. The number of benzene rings is 2. The van der Waals surface area contributed by atoms with Crippen molar-refractivity contribution in [3.63, 3.8) is 0 Å². The van der Waals surface area contributed by atoms with Crippen LogP contribution < -0.4 is 0 Å². The van der Waals surface area contributed by atoms with E-state index in [1.807, 2.05) is 0 Å². The number of rotatable bonds is 6. The van der Waals surface area contributed by atoms with Crippen molar-refractivity contribution in [2.45, 2.75) is 0 Å². The lowest BCUT2D eigenvalue weighted by Crippen LogP contribution is -2.14. The second-order valence-corrected chi connectivity index (χ2v) is 5.17. The first-order valence-electron chi connectivity index (χ1n) is 7.31. The zero-order valence-electron chi connectivity index (χ0n) is 14.2. The van der Waals surface area contributed by atoms with Gasteiger partial charge >= 0.3 is 11.9 Å². The van der Waals surface area contributed by atoms with Gasteiger partial charge in [-0.3, -0.25) is 40.5 Å². The first kappa shape index (κ1) is 21.3. The summed E-state index contributed by atoms with van der Waals surface area (Å²) in [5.74, 6) is -3.20. The lowest BCUT2D eigenvalue weighted by Gasteiger charge is -2.05. The van der Waals surface area contributed by atoms with Gasteiger partial charge in [0.25, 0.3) is 22.7 Å². The topological polar surface area (TPSA) is 225 Å². The Hall–Kier alpha value is -5.02. The molecule has 0 aliphatic carbocycles. The fourth-order valence-corrected chi connectivity index (χ4v) is 2.08. The molecule has 0 aromatic heterocycles. The van der Waals surface area contributed by atoms with Gasteiger partial charge in [-0.05, 0) is 12.1 Å². The molecule has 2 rings (SSSR count). The van der Waals surface area contributed by atoms with E-state index in [4.69, 9.17) is 0 Å². The molecule has 0 spiro atoms. The predicted molar refractivity (Wildman–Crippen MR) is 90.3 cm³/mol. The van der Waals surface area contributed by atoms with Crippen LogP contribution in [0.4, 0.5) is 22.7 Å². The van der Waals surface area contributed by atoms with E-state index in [0.29, 0.717) is 24.3 Å². The molecule has 0 atom stereocenters. The summed E-state index contributed by atoms with van der Waals surface area (Å²) >= 11 is 0. The van der Waals surface area contributed by atoms with Gasteiger partial charge in [0, 0.05) is 12.1 Å². The van der Waals surface area contributed by atoms with Crippen molar-refractivity contribution >= 4 is 34.7 Å². The van der Waals surface area contributed by atoms with Crippen molar-refractivity contribution in [2.75, 3.05) is 0 Å². The van der Waals surface area contributed by atoms with Gasteiger partial charge in [0.05, 0.1) is 31.8 Å². The summed E-state index contributed by atoms with van der Waals surface area (Å²) in [4.78, 5) is 71.4. The number of hydrogen-bond acceptors (Lipinski definition) is 12. The van der Waals surface area contributed by atoms with Crippen LogP contribution >= 0.6 is 0 Å². The molecule has 154 valence electrons. The molecule has 30 heavy (non-hydrogen) atoms. The highest BCUT2D eigenvalue weighted by Crippen LogP contribution is 2.27. The van der Waals surface area contributed by atoms with Gasteiger partial charge in [-0.2, -0.15) is 0 Å². The minimum absolute atomic E-state index is 0.472. The number of hydrogen-bond donors (Lipinski definition) is 0. The molecule has 0 saturated heterocycles. The molecule has 16 heteroatoms. The molecule has 16 nitrogen and oxygen atoms in total. The largest absolute Gasteiger partial charge is 0.393 e. The molecular weight excluding hydrogens is 416 g/mol. The normalized spacial score (nSPS) is 10.0. The van der Waals surface area contributed by atoms with Gasteiger partial charge in [0.2, 0.25) is 0 Å². The highest BCUT2D eigenvalue weighted by atomic mass is 17.2. The Kier molecular flexibility index (Phi) is 5.91. The van der Waals surface area contributed by atoms with E-state index < -0.39 is 65.5 Å². The minimum Gasteiger partial charge on any atom is -0.258 e. The van der Waals surface area contributed by atoms with Crippen LogP contribution in [0.15, 0.2) is 36.4 Å². The average molecular weight is 422 g/mol. The number of non-ortho nitro benzene ring substituents is 2. The summed E-state index contributed by atoms with van der Waals surface area (Å²) in [6, 6.07) is 3.82. The van der Waals surface area contributed by atoms with E-state index >= 15 is 0 Å². The van der Waals surface area contributed by atoms with Crippen LogP contribution in [0.25, 0.3) is 0 Å². The van der Waals surface area contributed by atoms with Crippen molar-refractivity contribution in [2.24, 2.45) is 0 Å². The first-order chi connectivity index (χ1) is 14.0. The smallest absolute Gasteiger partial charge is 0.258 e. The van der Waals surface area contributed by atoms with E-state index in [-0.39, 0.29) is 0 Å². The maximum atomic E-state index is 12.0. The molecule has 0 aliphatic rings. The Morgan fingerprint density at radius 3 is 1.20 bits per heavy atom. The Morgan fingerprint density at radius 1 is 0.600 bits per heavy atom. The molecule has 0 aliphatic heterocycles. The van der Waals surface area contributed by atoms with Crippen molar-refractivity contribution in [3.8, 4) is 0 Å². The number of nitro benzene ring substituents is 4. The molecule has 0 amide bonds. The van der Waals surface area contributed by atoms with Gasteiger partial charge in [-0.25, -0.2) is 19.4 Å². The van der Waals surface area contributed by atoms with Crippen molar-refractivity contribution in [3.05, 3.63) is 88.0 Å². The molecule has 0 fully saturated rings. The van der Waals surface area contributed by atoms with Gasteiger partial charge in [-0.1, -0.05) is 0 Å². The van der Waals surface area contributed by atoms with Crippen LogP contribution in [0.2, 0.25) is 0 Å². The summed E-state index contributed by atoms with van der Waals surface area (Å²) in [7, 11) is 0. The Labute approximate surface area is 162 Å². The predicted octanol–water partition coefficient (Wildman–Crippen LogP) is 2.25. The monoisotopic (exact) mass is 422 g/mol. The Balaban J connectivity index is 2.26. The average Bonchev–Trinajstić information content (AvgIpc) is 2.70. The molecular formula is C14H6N4O12. The van der Waals surface area contributed by atoms with E-state index in [1.54, 1.807) is 0 Å². The van der Waals surface area contributed by atoms with Crippen molar-refractivity contribution < 1.29 is 39.1 Å². The number of carbonyl (C=O) groups is 2. The van der Waals surface area contributed by atoms with E-state index in [0.717, 1.165) is 12.1 Å². The molecule has 0 heterocycles. The molecule has 0 N–H and O–H groups in total. The maximum Gasteiger partial charge on any atom is 0.393 e. The van der Waals surface area contributed by atoms with Crippen LogP contribution in [0.1, 0.15) is 20.7 Å². The first-order valence-corrected chi connectivity index (χ1v) is 7.31. The lowest BCUT2D eigenvalue weighted by molar-refractivity contribution is -0.394. The van der Waals surface area contributed by atoms with E-state index in [9.17, 15) is 50.0 Å². The van der Waals surface area contributed by atoms with Crippen LogP contribution in [-0.2, 0) is 9.78 Å². The van der Waals surface area contributed by atoms with Crippen LogP contribution in [-0.4, -0.2) is 31.6 Å².